The molecule has 0 aromatic rings. The minimum absolute atomic E-state index is 0.117. The van der Waals surface area contributed by atoms with Crippen LogP contribution in [-0.2, 0) is 4.74 Å². The highest BCUT2D eigenvalue weighted by molar-refractivity contribution is 4.79. The number of hydrogen-bond donors (Lipinski definition) is 2. The summed E-state index contributed by atoms with van der Waals surface area (Å²) in [4.78, 5) is 2.33. The zero-order valence-corrected chi connectivity index (χ0v) is 9.14. The molecule has 0 bridgehead atoms. The van der Waals surface area contributed by atoms with Gasteiger partial charge >= 0.3 is 0 Å². The number of likely N-dealkylation sites (tertiary alicyclic amines) is 1. The van der Waals surface area contributed by atoms with Crippen molar-refractivity contribution in [3.63, 3.8) is 0 Å². The Morgan fingerprint density at radius 1 is 1.13 bits per heavy atom. The van der Waals surface area contributed by atoms with E-state index in [9.17, 15) is 10.2 Å². The van der Waals surface area contributed by atoms with Crippen molar-refractivity contribution in [3.05, 3.63) is 0 Å². The van der Waals surface area contributed by atoms with Crippen molar-refractivity contribution in [2.75, 3.05) is 32.8 Å². The highest BCUT2D eigenvalue weighted by Gasteiger charge is 2.27. The van der Waals surface area contributed by atoms with Gasteiger partial charge in [0.1, 0.15) is 0 Å². The Morgan fingerprint density at radius 3 is 2.53 bits per heavy atom. The summed E-state index contributed by atoms with van der Waals surface area (Å²) in [5.41, 5.74) is 0. The third-order valence-electron chi connectivity index (χ3n) is 3.48. The quantitative estimate of drug-likeness (QED) is 0.672. The molecule has 0 radical (unpaired) electrons. The van der Waals surface area contributed by atoms with Crippen LogP contribution in [0.5, 0.6) is 0 Å². The molecular formula is C11H21NO3. The van der Waals surface area contributed by atoms with Gasteiger partial charge in [0.2, 0.25) is 0 Å². The van der Waals surface area contributed by atoms with E-state index in [4.69, 9.17) is 4.74 Å². The lowest BCUT2D eigenvalue weighted by molar-refractivity contribution is -0.0512. The van der Waals surface area contributed by atoms with Crippen LogP contribution in [0, 0.1) is 5.92 Å². The predicted octanol–water partition coefficient (Wildman–Crippen LogP) is -0.160. The highest BCUT2D eigenvalue weighted by Crippen LogP contribution is 2.18. The maximum atomic E-state index is 9.80. The first-order valence-electron chi connectivity index (χ1n) is 5.92. The van der Waals surface area contributed by atoms with Gasteiger partial charge in [-0.25, -0.2) is 0 Å². The highest BCUT2D eigenvalue weighted by atomic mass is 16.5. The molecule has 2 unspecified atom stereocenters. The molecule has 4 heteroatoms. The molecule has 2 N–H and O–H groups in total. The molecule has 2 rings (SSSR count). The van der Waals surface area contributed by atoms with Crippen molar-refractivity contribution < 1.29 is 14.9 Å². The molecule has 0 amide bonds. The molecule has 88 valence electrons. The molecule has 2 aliphatic heterocycles. The van der Waals surface area contributed by atoms with E-state index in [2.05, 4.69) is 4.90 Å². The van der Waals surface area contributed by atoms with E-state index in [1.54, 1.807) is 0 Å². The minimum Gasteiger partial charge on any atom is -0.393 e. The summed E-state index contributed by atoms with van der Waals surface area (Å²) < 4.78 is 5.38. The first kappa shape index (κ1) is 11.3. The number of rotatable bonds is 2. The van der Waals surface area contributed by atoms with Gasteiger partial charge in [-0.3, -0.25) is 0 Å². The van der Waals surface area contributed by atoms with Gasteiger partial charge in [-0.1, -0.05) is 0 Å². The largest absolute Gasteiger partial charge is 0.393 e. The van der Waals surface area contributed by atoms with E-state index < -0.39 is 0 Å². The van der Waals surface area contributed by atoms with E-state index >= 15 is 0 Å². The molecule has 0 saturated carbocycles. The molecule has 15 heavy (non-hydrogen) atoms. The maximum absolute atomic E-state index is 9.80. The number of nitrogens with zero attached hydrogens (tertiary/aromatic N) is 1. The van der Waals surface area contributed by atoms with E-state index in [0.29, 0.717) is 13.2 Å². The van der Waals surface area contributed by atoms with Crippen LogP contribution in [0.2, 0.25) is 0 Å². The van der Waals surface area contributed by atoms with Crippen molar-refractivity contribution in [2.45, 2.75) is 31.5 Å². The average Bonchev–Trinajstić information content (AvgIpc) is 2.25. The summed E-state index contributed by atoms with van der Waals surface area (Å²) in [5, 5.41) is 19.2. The first-order valence-corrected chi connectivity index (χ1v) is 5.92. The number of aliphatic hydroxyl groups excluding tert-OH is 2. The second-order valence-corrected chi connectivity index (χ2v) is 4.72. The van der Waals surface area contributed by atoms with Crippen molar-refractivity contribution in [2.24, 2.45) is 5.92 Å². The number of piperidine rings is 1. The van der Waals surface area contributed by atoms with Crippen molar-refractivity contribution in [1.29, 1.82) is 0 Å². The predicted molar refractivity (Wildman–Crippen MR) is 56.6 cm³/mol. The SMILES string of the molecule is OC1CCN(CC2COCCC2O)CC1. The average molecular weight is 215 g/mol. The third-order valence-corrected chi connectivity index (χ3v) is 3.48. The van der Waals surface area contributed by atoms with Crippen LogP contribution in [0.1, 0.15) is 19.3 Å². The summed E-state index contributed by atoms with van der Waals surface area (Å²) >= 11 is 0. The van der Waals surface area contributed by atoms with Gasteiger partial charge in [0.15, 0.2) is 0 Å². The molecule has 2 saturated heterocycles. The Balaban J connectivity index is 1.75. The van der Waals surface area contributed by atoms with Crippen LogP contribution >= 0.6 is 0 Å². The van der Waals surface area contributed by atoms with Crippen LogP contribution in [0.3, 0.4) is 0 Å². The van der Waals surface area contributed by atoms with Crippen LogP contribution in [0.4, 0.5) is 0 Å². The van der Waals surface area contributed by atoms with Crippen molar-refractivity contribution in [1.82, 2.24) is 4.90 Å². The molecule has 0 aliphatic carbocycles. The minimum atomic E-state index is -0.203. The van der Waals surface area contributed by atoms with Gasteiger partial charge in [0.05, 0.1) is 18.8 Å². The normalized spacial score (nSPS) is 35.6. The van der Waals surface area contributed by atoms with Crippen LogP contribution < -0.4 is 0 Å². The van der Waals surface area contributed by atoms with Gasteiger partial charge in [-0.15, -0.1) is 0 Å². The van der Waals surface area contributed by atoms with E-state index in [1.165, 1.54) is 0 Å². The third kappa shape index (κ3) is 3.14. The second kappa shape index (κ2) is 5.25. The summed E-state index contributed by atoms with van der Waals surface area (Å²) in [5.74, 6) is 0.258. The molecule has 2 heterocycles. The Kier molecular flexibility index (Phi) is 3.97. The van der Waals surface area contributed by atoms with E-state index in [-0.39, 0.29) is 18.1 Å². The number of ether oxygens (including phenoxy) is 1. The fraction of sp³-hybridized carbons (Fsp3) is 1.00. The second-order valence-electron chi connectivity index (χ2n) is 4.72. The Hall–Kier alpha value is -0.160. The summed E-state index contributed by atoms with van der Waals surface area (Å²) in [6.07, 6.45) is 2.17. The van der Waals surface area contributed by atoms with Gasteiger partial charge in [-0.2, -0.15) is 0 Å². The molecular weight excluding hydrogens is 194 g/mol. The lowest BCUT2D eigenvalue weighted by Crippen LogP contribution is -2.44. The van der Waals surface area contributed by atoms with Crippen molar-refractivity contribution in [3.8, 4) is 0 Å². The van der Waals surface area contributed by atoms with Gasteiger partial charge < -0.3 is 19.8 Å². The van der Waals surface area contributed by atoms with Crippen LogP contribution in [0.15, 0.2) is 0 Å². The smallest absolute Gasteiger partial charge is 0.0624 e. The molecule has 0 aromatic heterocycles. The zero-order chi connectivity index (χ0) is 10.7. The zero-order valence-electron chi connectivity index (χ0n) is 9.14. The summed E-state index contributed by atoms with van der Waals surface area (Å²) in [6, 6.07) is 0. The van der Waals surface area contributed by atoms with Crippen LogP contribution in [-0.4, -0.2) is 60.2 Å². The molecule has 2 atom stereocenters. The Labute approximate surface area is 90.8 Å². The van der Waals surface area contributed by atoms with Crippen molar-refractivity contribution >= 4 is 0 Å². The fourth-order valence-electron chi connectivity index (χ4n) is 2.39. The maximum Gasteiger partial charge on any atom is 0.0624 e. The molecule has 2 aliphatic rings. The first-order chi connectivity index (χ1) is 7.25. The summed E-state index contributed by atoms with van der Waals surface area (Å²) in [7, 11) is 0. The van der Waals surface area contributed by atoms with Crippen LogP contribution in [0.25, 0.3) is 0 Å². The van der Waals surface area contributed by atoms with E-state index in [1.807, 2.05) is 0 Å². The molecule has 0 spiro atoms. The lowest BCUT2D eigenvalue weighted by atomic mass is 9.97. The standard InChI is InChI=1S/C11H21NO3/c13-10-1-4-12(5-2-10)7-9-8-15-6-3-11(9)14/h9-11,13-14H,1-8H2. The van der Waals surface area contributed by atoms with Gasteiger partial charge in [-0.05, 0) is 19.3 Å². The topological polar surface area (TPSA) is 52.9 Å². The summed E-state index contributed by atoms with van der Waals surface area (Å²) in [6.45, 7) is 4.18. The van der Waals surface area contributed by atoms with Gasteiger partial charge in [0.25, 0.3) is 0 Å². The molecule has 2 fully saturated rings. The lowest BCUT2D eigenvalue weighted by Gasteiger charge is -2.35. The molecule has 4 nitrogen and oxygen atoms in total. The number of aliphatic hydroxyl groups is 2. The monoisotopic (exact) mass is 215 g/mol. The Bertz CT molecular complexity index is 192. The van der Waals surface area contributed by atoms with Gasteiger partial charge in [0, 0.05) is 32.2 Å². The fourth-order valence-corrected chi connectivity index (χ4v) is 2.39. The molecule has 0 aromatic carbocycles. The van der Waals surface area contributed by atoms with E-state index in [0.717, 1.165) is 38.9 Å². The number of hydrogen-bond acceptors (Lipinski definition) is 4. The Morgan fingerprint density at radius 2 is 1.87 bits per heavy atom.